The Kier molecular flexibility index (Phi) is 6.00. The zero-order chi connectivity index (χ0) is 22.0. The number of carboxylic acids is 1. The smallest absolute Gasteiger partial charge is 0.329 e. The van der Waals surface area contributed by atoms with E-state index in [0.29, 0.717) is 11.3 Å². The average Bonchev–Trinajstić information content (AvgIpc) is 2.71. The second-order valence-electron chi connectivity index (χ2n) is 7.80. The van der Waals surface area contributed by atoms with Crippen molar-refractivity contribution in [2.75, 3.05) is 6.61 Å². The van der Waals surface area contributed by atoms with E-state index >= 15 is 0 Å². The fraction of sp³-hybridized carbons (Fsp3) is 0.240. The molecule has 1 saturated carbocycles. The molecule has 0 aliphatic heterocycles. The summed E-state index contributed by atoms with van der Waals surface area (Å²) in [6, 6.07) is 17.1. The van der Waals surface area contributed by atoms with E-state index in [0.717, 1.165) is 30.0 Å². The summed E-state index contributed by atoms with van der Waals surface area (Å²) in [6.07, 6.45) is 1.44. The summed E-state index contributed by atoms with van der Waals surface area (Å²) in [4.78, 5) is 10.6. The highest BCUT2D eigenvalue weighted by Crippen LogP contribution is 2.40. The summed E-state index contributed by atoms with van der Waals surface area (Å²) in [5, 5.41) is 8.67. The van der Waals surface area contributed by atoms with Crippen molar-refractivity contribution < 1.29 is 28.2 Å². The lowest BCUT2D eigenvalue weighted by Gasteiger charge is -2.35. The first-order chi connectivity index (χ1) is 14.9. The number of hydrogen-bond donors (Lipinski definition) is 1. The molecule has 1 aliphatic carbocycles. The van der Waals surface area contributed by atoms with Gasteiger partial charge in [0.25, 0.3) is 0 Å². The zero-order valence-electron chi connectivity index (χ0n) is 17.0. The van der Waals surface area contributed by atoms with Gasteiger partial charge in [0.05, 0.1) is 6.10 Å². The van der Waals surface area contributed by atoms with Crippen LogP contribution in [0.3, 0.4) is 0 Å². The minimum absolute atomic E-state index is 0.0529. The standard InChI is InChI=1S/C25H22F2O4/c1-15-2-8-19(9-3-15)31-21-12-22(25(27)23(26)13-21)17-6-4-16(5-7-17)18-10-20(11-18)30-14-24(28)29/h2-9,12-13,18,20H,10-11,14H2,1H3,(H,28,29)/t18-,20+. The number of carbonyl (C=O) groups is 1. The number of hydrogen-bond acceptors (Lipinski definition) is 3. The summed E-state index contributed by atoms with van der Waals surface area (Å²) >= 11 is 0. The lowest BCUT2D eigenvalue weighted by atomic mass is 9.77. The Bertz CT molecular complexity index is 1070. The van der Waals surface area contributed by atoms with Crippen LogP contribution in [-0.4, -0.2) is 23.8 Å². The molecule has 160 valence electrons. The van der Waals surface area contributed by atoms with Gasteiger partial charge >= 0.3 is 5.97 Å². The molecule has 3 aromatic rings. The number of carboxylic acid groups (broad SMARTS) is 1. The van der Waals surface area contributed by atoms with Crippen molar-refractivity contribution in [3.63, 3.8) is 0 Å². The summed E-state index contributed by atoms with van der Waals surface area (Å²) in [6.45, 7) is 1.66. The molecule has 4 rings (SSSR count). The Hall–Kier alpha value is -3.25. The fourth-order valence-corrected chi connectivity index (χ4v) is 3.67. The van der Waals surface area contributed by atoms with E-state index in [1.165, 1.54) is 6.07 Å². The monoisotopic (exact) mass is 424 g/mol. The molecule has 6 heteroatoms. The summed E-state index contributed by atoms with van der Waals surface area (Å²) in [7, 11) is 0. The van der Waals surface area contributed by atoms with E-state index < -0.39 is 17.6 Å². The molecule has 0 atom stereocenters. The maximum atomic E-state index is 14.5. The third kappa shape index (κ3) is 4.91. The van der Waals surface area contributed by atoms with Crippen LogP contribution < -0.4 is 4.74 Å². The van der Waals surface area contributed by atoms with Crippen LogP contribution in [0, 0.1) is 18.6 Å². The predicted octanol–water partition coefficient (Wildman–Crippen LogP) is 6.08. The maximum Gasteiger partial charge on any atom is 0.329 e. The van der Waals surface area contributed by atoms with Crippen molar-refractivity contribution in [2.24, 2.45) is 0 Å². The van der Waals surface area contributed by atoms with Gasteiger partial charge in [0.1, 0.15) is 18.1 Å². The topological polar surface area (TPSA) is 55.8 Å². The van der Waals surface area contributed by atoms with E-state index in [1.807, 2.05) is 31.2 Å². The van der Waals surface area contributed by atoms with E-state index in [2.05, 4.69) is 0 Å². The third-order valence-electron chi connectivity index (χ3n) is 5.49. The molecule has 1 N–H and O–H groups in total. The summed E-state index contributed by atoms with van der Waals surface area (Å²) in [5.74, 6) is -1.83. The molecule has 1 aliphatic rings. The van der Waals surface area contributed by atoms with Crippen molar-refractivity contribution in [3.05, 3.63) is 83.4 Å². The van der Waals surface area contributed by atoms with Crippen molar-refractivity contribution in [2.45, 2.75) is 31.8 Å². The first-order valence-electron chi connectivity index (χ1n) is 10.1. The molecule has 0 radical (unpaired) electrons. The molecular weight excluding hydrogens is 402 g/mol. The van der Waals surface area contributed by atoms with E-state index in [4.69, 9.17) is 14.6 Å². The van der Waals surface area contributed by atoms with Crippen molar-refractivity contribution in [1.82, 2.24) is 0 Å². The molecule has 0 spiro atoms. The van der Waals surface area contributed by atoms with Crippen LogP contribution in [0.25, 0.3) is 11.1 Å². The number of ether oxygens (including phenoxy) is 2. The average molecular weight is 424 g/mol. The van der Waals surface area contributed by atoms with Gasteiger partial charge in [-0.1, -0.05) is 42.0 Å². The molecule has 4 nitrogen and oxygen atoms in total. The van der Waals surface area contributed by atoms with Gasteiger partial charge in [0.2, 0.25) is 0 Å². The Morgan fingerprint density at radius 2 is 1.68 bits per heavy atom. The highest BCUT2D eigenvalue weighted by Gasteiger charge is 2.31. The first-order valence-corrected chi connectivity index (χ1v) is 10.1. The second-order valence-corrected chi connectivity index (χ2v) is 7.80. The summed E-state index contributed by atoms with van der Waals surface area (Å²) < 4.78 is 39.7. The van der Waals surface area contributed by atoms with E-state index in [1.54, 1.807) is 24.3 Å². The summed E-state index contributed by atoms with van der Waals surface area (Å²) in [5.41, 5.74) is 2.81. The molecular formula is C25H22F2O4. The predicted molar refractivity (Wildman–Crippen MR) is 112 cm³/mol. The van der Waals surface area contributed by atoms with Crippen LogP contribution >= 0.6 is 0 Å². The molecule has 0 bridgehead atoms. The first kappa shape index (κ1) is 21.0. The van der Waals surface area contributed by atoms with Crippen molar-refractivity contribution in [1.29, 1.82) is 0 Å². The van der Waals surface area contributed by atoms with Gasteiger partial charge in [-0.25, -0.2) is 13.6 Å². The van der Waals surface area contributed by atoms with Gasteiger partial charge in [0.15, 0.2) is 11.6 Å². The Labute approximate surface area is 179 Å². The largest absolute Gasteiger partial charge is 0.480 e. The number of halogens is 2. The minimum atomic E-state index is -0.976. The van der Waals surface area contributed by atoms with Gasteiger partial charge in [-0.2, -0.15) is 0 Å². The molecule has 0 saturated heterocycles. The molecule has 3 aromatic carbocycles. The third-order valence-corrected chi connectivity index (χ3v) is 5.49. The second kappa shape index (κ2) is 8.86. The molecule has 0 heterocycles. The Morgan fingerprint density at radius 1 is 1.00 bits per heavy atom. The quantitative estimate of drug-likeness (QED) is 0.499. The van der Waals surface area contributed by atoms with Crippen LogP contribution in [0.1, 0.15) is 29.9 Å². The van der Waals surface area contributed by atoms with Crippen LogP contribution in [0.4, 0.5) is 8.78 Å². The SMILES string of the molecule is Cc1ccc(Oc2cc(F)c(F)c(-c3ccc([C@H]4C[C@@H](OCC(=O)O)C4)cc3)c2)cc1. The van der Waals surface area contributed by atoms with Gasteiger partial charge in [-0.15, -0.1) is 0 Å². The van der Waals surface area contributed by atoms with Crippen molar-refractivity contribution >= 4 is 5.97 Å². The normalized spacial score (nSPS) is 17.8. The molecule has 0 amide bonds. The number of aliphatic carboxylic acids is 1. The zero-order valence-corrected chi connectivity index (χ0v) is 17.0. The minimum Gasteiger partial charge on any atom is -0.480 e. The van der Waals surface area contributed by atoms with Gasteiger partial charge in [0, 0.05) is 11.6 Å². The maximum absolute atomic E-state index is 14.5. The Balaban J connectivity index is 1.48. The number of aryl methyl sites for hydroxylation is 1. The molecule has 31 heavy (non-hydrogen) atoms. The lowest BCUT2D eigenvalue weighted by molar-refractivity contribution is -0.146. The van der Waals surface area contributed by atoms with Crippen molar-refractivity contribution in [3.8, 4) is 22.6 Å². The molecule has 0 unspecified atom stereocenters. The highest BCUT2D eigenvalue weighted by molar-refractivity contribution is 5.68. The number of rotatable bonds is 7. The van der Waals surface area contributed by atoms with Crippen LogP contribution in [0.15, 0.2) is 60.7 Å². The fourth-order valence-electron chi connectivity index (χ4n) is 3.67. The van der Waals surface area contributed by atoms with E-state index in [-0.39, 0.29) is 29.9 Å². The highest BCUT2D eigenvalue weighted by atomic mass is 19.2. The molecule has 1 fully saturated rings. The van der Waals surface area contributed by atoms with Gasteiger partial charge < -0.3 is 14.6 Å². The van der Waals surface area contributed by atoms with Crippen LogP contribution in [-0.2, 0) is 9.53 Å². The Morgan fingerprint density at radius 3 is 2.32 bits per heavy atom. The van der Waals surface area contributed by atoms with Crippen LogP contribution in [0.2, 0.25) is 0 Å². The lowest BCUT2D eigenvalue weighted by Crippen LogP contribution is -2.31. The number of benzene rings is 3. The van der Waals surface area contributed by atoms with E-state index in [9.17, 15) is 13.6 Å². The van der Waals surface area contributed by atoms with Crippen LogP contribution in [0.5, 0.6) is 11.5 Å². The van der Waals surface area contributed by atoms with Gasteiger partial charge in [-0.05, 0) is 55.0 Å². The van der Waals surface area contributed by atoms with Gasteiger partial charge in [-0.3, -0.25) is 0 Å². The molecule has 0 aromatic heterocycles.